The molecule has 0 aliphatic carbocycles. The average Bonchev–Trinajstić information content (AvgIpc) is 2.73. The lowest BCUT2D eigenvalue weighted by atomic mass is 10.1. The van der Waals surface area contributed by atoms with Crippen molar-refractivity contribution in [3.63, 3.8) is 0 Å². The van der Waals surface area contributed by atoms with Crippen LogP contribution < -0.4 is 24.4 Å². The van der Waals surface area contributed by atoms with Crippen LogP contribution in [0.25, 0.3) is 0 Å². The van der Waals surface area contributed by atoms with Gasteiger partial charge in [0.05, 0.1) is 39.2 Å². The summed E-state index contributed by atoms with van der Waals surface area (Å²) in [4.78, 5) is 12.4. The van der Waals surface area contributed by atoms with E-state index in [9.17, 15) is 4.79 Å². The van der Waals surface area contributed by atoms with Gasteiger partial charge in [0.25, 0.3) is 5.91 Å². The minimum absolute atomic E-state index is 0.377. The zero-order valence-corrected chi connectivity index (χ0v) is 18.6. The maximum atomic E-state index is 12.4. The van der Waals surface area contributed by atoms with E-state index in [2.05, 4.69) is 24.4 Å². The summed E-state index contributed by atoms with van der Waals surface area (Å²) in [5.74, 6) is 2.14. The molecule has 0 atom stereocenters. The predicted molar refractivity (Wildman–Crippen MR) is 118 cm³/mol. The first-order chi connectivity index (χ1) is 14.4. The summed E-state index contributed by atoms with van der Waals surface area (Å²) < 4.78 is 21.5. The van der Waals surface area contributed by atoms with Crippen LogP contribution in [0.15, 0.2) is 35.4 Å². The van der Waals surface area contributed by atoms with Gasteiger partial charge in [-0.15, -0.1) is 0 Å². The van der Waals surface area contributed by atoms with Gasteiger partial charge in [0.2, 0.25) is 0 Å². The van der Waals surface area contributed by atoms with Crippen molar-refractivity contribution in [1.82, 2.24) is 5.43 Å². The molecule has 2 aromatic carbocycles. The SMILES string of the molecule is COc1cc(C(=O)N/N=C/c2cc(Cl)c(OC)c(OC)c2)ccc1OCCC(C)C. The molecule has 7 nitrogen and oxygen atoms in total. The zero-order chi connectivity index (χ0) is 22.1. The summed E-state index contributed by atoms with van der Waals surface area (Å²) in [7, 11) is 4.55. The van der Waals surface area contributed by atoms with E-state index in [1.54, 1.807) is 30.3 Å². The van der Waals surface area contributed by atoms with Gasteiger partial charge in [-0.2, -0.15) is 5.10 Å². The second-order valence-corrected chi connectivity index (χ2v) is 7.24. The molecule has 0 bridgehead atoms. The minimum Gasteiger partial charge on any atom is -0.493 e. The fourth-order valence-electron chi connectivity index (χ4n) is 2.58. The Kier molecular flexibility index (Phi) is 8.80. The second-order valence-electron chi connectivity index (χ2n) is 6.83. The number of halogens is 1. The molecule has 0 aromatic heterocycles. The van der Waals surface area contributed by atoms with Crippen molar-refractivity contribution in [2.45, 2.75) is 20.3 Å². The highest BCUT2D eigenvalue weighted by molar-refractivity contribution is 6.32. The molecule has 0 heterocycles. The van der Waals surface area contributed by atoms with Gasteiger partial charge in [0.1, 0.15) is 0 Å². The number of rotatable bonds is 10. The molecule has 1 amide bonds. The van der Waals surface area contributed by atoms with E-state index in [4.69, 9.17) is 30.5 Å². The van der Waals surface area contributed by atoms with Gasteiger partial charge < -0.3 is 18.9 Å². The molecule has 2 aromatic rings. The average molecular weight is 435 g/mol. The predicted octanol–water partition coefficient (Wildman–Crippen LogP) is 4.55. The lowest BCUT2D eigenvalue weighted by molar-refractivity contribution is 0.0954. The summed E-state index contributed by atoms with van der Waals surface area (Å²) in [6.45, 7) is 4.84. The molecular formula is C22H27ClN2O5. The van der Waals surface area contributed by atoms with E-state index < -0.39 is 0 Å². The number of hydrogen-bond acceptors (Lipinski definition) is 6. The molecular weight excluding hydrogens is 408 g/mol. The third kappa shape index (κ3) is 6.29. The number of carbonyl (C=O) groups is 1. The lowest BCUT2D eigenvalue weighted by Crippen LogP contribution is -2.17. The van der Waals surface area contributed by atoms with Crippen LogP contribution >= 0.6 is 11.6 Å². The Morgan fingerprint density at radius 2 is 1.80 bits per heavy atom. The normalized spacial score (nSPS) is 10.9. The van der Waals surface area contributed by atoms with Crippen LogP contribution in [-0.4, -0.2) is 40.1 Å². The van der Waals surface area contributed by atoms with Gasteiger partial charge in [-0.25, -0.2) is 5.43 Å². The van der Waals surface area contributed by atoms with E-state index >= 15 is 0 Å². The monoisotopic (exact) mass is 434 g/mol. The van der Waals surface area contributed by atoms with Crippen LogP contribution in [0.4, 0.5) is 0 Å². The summed E-state index contributed by atoms with van der Waals surface area (Å²) in [5.41, 5.74) is 3.52. The molecule has 1 N–H and O–H groups in total. The highest BCUT2D eigenvalue weighted by Crippen LogP contribution is 2.35. The lowest BCUT2D eigenvalue weighted by Gasteiger charge is -2.12. The number of carbonyl (C=O) groups excluding carboxylic acids is 1. The second kappa shape index (κ2) is 11.3. The van der Waals surface area contributed by atoms with Gasteiger partial charge in [0, 0.05) is 5.56 Å². The van der Waals surface area contributed by atoms with Crippen molar-refractivity contribution in [1.29, 1.82) is 0 Å². The van der Waals surface area contributed by atoms with Crippen LogP contribution in [0, 0.1) is 5.92 Å². The molecule has 0 fully saturated rings. The van der Waals surface area contributed by atoms with Crippen LogP contribution in [-0.2, 0) is 0 Å². The quantitative estimate of drug-likeness (QED) is 0.438. The molecule has 2 rings (SSSR count). The third-order valence-electron chi connectivity index (χ3n) is 4.21. The van der Waals surface area contributed by atoms with Crippen LogP contribution in [0.3, 0.4) is 0 Å². The van der Waals surface area contributed by atoms with Gasteiger partial charge in [-0.05, 0) is 48.2 Å². The summed E-state index contributed by atoms with van der Waals surface area (Å²) in [6.07, 6.45) is 2.40. The molecule has 0 unspecified atom stereocenters. The molecule has 0 aliphatic rings. The third-order valence-corrected chi connectivity index (χ3v) is 4.49. The molecule has 0 radical (unpaired) electrons. The minimum atomic E-state index is -0.384. The largest absolute Gasteiger partial charge is 0.493 e. The Bertz CT molecular complexity index is 899. The molecule has 8 heteroatoms. The molecule has 162 valence electrons. The smallest absolute Gasteiger partial charge is 0.271 e. The van der Waals surface area contributed by atoms with E-state index in [-0.39, 0.29) is 5.91 Å². The molecule has 0 saturated heterocycles. The number of ether oxygens (including phenoxy) is 4. The Hall–Kier alpha value is -2.93. The van der Waals surface area contributed by atoms with Gasteiger partial charge in [-0.1, -0.05) is 25.4 Å². The number of nitrogens with one attached hydrogen (secondary N) is 1. The number of nitrogens with zero attached hydrogens (tertiary/aromatic N) is 1. The van der Waals surface area contributed by atoms with Crippen molar-refractivity contribution >= 4 is 23.7 Å². The number of methoxy groups -OCH3 is 3. The first-order valence-electron chi connectivity index (χ1n) is 9.45. The summed E-state index contributed by atoms with van der Waals surface area (Å²) >= 11 is 6.17. The highest BCUT2D eigenvalue weighted by atomic mass is 35.5. The van der Waals surface area contributed by atoms with Gasteiger partial charge in [0.15, 0.2) is 23.0 Å². The summed E-state index contributed by atoms with van der Waals surface area (Å²) in [5, 5.41) is 4.36. The van der Waals surface area contributed by atoms with Gasteiger partial charge in [-0.3, -0.25) is 4.79 Å². The van der Waals surface area contributed by atoms with Crippen LogP contribution in [0.2, 0.25) is 5.02 Å². The Morgan fingerprint density at radius 3 is 2.43 bits per heavy atom. The topological polar surface area (TPSA) is 78.4 Å². The maximum absolute atomic E-state index is 12.4. The Labute approximate surface area is 181 Å². The van der Waals surface area contributed by atoms with Crippen LogP contribution in [0.1, 0.15) is 36.2 Å². The highest BCUT2D eigenvalue weighted by Gasteiger charge is 2.12. The van der Waals surface area contributed by atoms with E-state index in [0.29, 0.717) is 51.7 Å². The summed E-state index contributed by atoms with van der Waals surface area (Å²) in [6, 6.07) is 8.34. The van der Waals surface area contributed by atoms with Crippen molar-refractivity contribution in [2.75, 3.05) is 27.9 Å². The standard InChI is InChI=1S/C22H27ClN2O5/c1-14(2)8-9-30-18-7-6-16(12-19(18)27-3)22(26)25-24-13-15-10-17(23)21(29-5)20(11-15)28-4/h6-7,10-14H,8-9H2,1-5H3,(H,25,26)/b24-13+. The van der Waals surface area contributed by atoms with Crippen molar-refractivity contribution in [3.8, 4) is 23.0 Å². The number of hydrogen-bond donors (Lipinski definition) is 1. The van der Waals surface area contributed by atoms with E-state index in [0.717, 1.165) is 6.42 Å². The molecule has 0 saturated carbocycles. The molecule has 0 spiro atoms. The number of hydrazone groups is 1. The molecule has 0 aliphatic heterocycles. The van der Waals surface area contributed by atoms with Crippen molar-refractivity contribution in [2.24, 2.45) is 11.0 Å². The fourth-order valence-corrected chi connectivity index (χ4v) is 2.87. The van der Waals surface area contributed by atoms with E-state index in [1.165, 1.54) is 27.5 Å². The number of benzene rings is 2. The van der Waals surface area contributed by atoms with Crippen LogP contribution in [0.5, 0.6) is 23.0 Å². The Morgan fingerprint density at radius 1 is 1.07 bits per heavy atom. The molecule has 30 heavy (non-hydrogen) atoms. The number of amides is 1. The first kappa shape index (κ1) is 23.3. The van der Waals surface area contributed by atoms with Crippen molar-refractivity contribution in [3.05, 3.63) is 46.5 Å². The first-order valence-corrected chi connectivity index (χ1v) is 9.83. The fraction of sp³-hybridized carbons (Fsp3) is 0.364. The Balaban J connectivity index is 2.06. The van der Waals surface area contributed by atoms with Crippen molar-refractivity contribution < 1.29 is 23.7 Å². The maximum Gasteiger partial charge on any atom is 0.271 e. The van der Waals surface area contributed by atoms with Gasteiger partial charge >= 0.3 is 0 Å². The zero-order valence-electron chi connectivity index (χ0n) is 17.8. The van der Waals surface area contributed by atoms with E-state index in [1.807, 2.05) is 0 Å².